The highest BCUT2D eigenvalue weighted by Crippen LogP contribution is 2.25. The highest BCUT2D eigenvalue weighted by Gasteiger charge is 2.27. The fraction of sp³-hybridized carbons (Fsp3) is 0.917. The molecule has 0 aromatic rings. The molecule has 1 aliphatic heterocycles. The van der Waals surface area contributed by atoms with Crippen LogP contribution in [0.15, 0.2) is 0 Å². The van der Waals surface area contributed by atoms with Crippen molar-refractivity contribution in [2.45, 2.75) is 46.6 Å². The first-order valence-electron chi connectivity index (χ1n) is 5.96. The first kappa shape index (κ1) is 12.5. The summed E-state index contributed by atoms with van der Waals surface area (Å²) in [7, 11) is 0. The number of piperazine rings is 1. The van der Waals surface area contributed by atoms with E-state index >= 15 is 0 Å². The number of carbonyl (C=O) groups excluding carboxylic acids is 1. The van der Waals surface area contributed by atoms with Crippen molar-refractivity contribution >= 4 is 5.91 Å². The van der Waals surface area contributed by atoms with Gasteiger partial charge in [-0.15, -0.1) is 0 Å². The molecule has 3 nitrogen and oxygen atoms in total. The van der Waals surface area contributed by atoms with Crippen molar-refractivity contribution in [1.82, 2.24) is 10.2 Å². The van der Waals surface area contributed by atoms with E-state index in [9.17, 15) is 4.79 Å². The van der Waals surface area contributed by atoms with E-state index in [1.54, 1.807) is 0 Å². The summed E-state index contributed by atoms with van der Waals surface area (Å²) in [5.74, 6) is 0.316. The average Bonchev–Trinajstić information content (AvgIpc) is 2.17. The zero-order chi connectivity index (χ0) is 11.5. The normalized spacial score (nSPS) is 22.9. The molecule has 1 saturated heterocycles. The van der Waals surface area contributed by atoms with Gasteiger partial charge in [0.25, 0.3) is 0 Å². The summed E-state index contributed by atoms with van der Waals surface area (Å²) >= 11 is 0. The van der Waals surface area contributed by atoms with Gasteiger partial charge in [0.2, 0.25) is 5.91 Å². The fourth-order valence-electron chi connectivity index (χ4n) is 1.85. The molecule has 1 unspecified atom stereocenters. The number of hydrogen-bond acceptors (Lipinski definition) is 2. The topological polar surface area (TPSA) is 32.3 Å². The van der Waals surface area contributed by atoms with E-state index in [1.165, 1.54) is 0 Å². The number of hydrogen-bond donors (Lipinski definition) is 1. The van der Waals surface area contributed by atoms with Crippen LogP contribution in [0.5, 0.6) is 0 Å². The zero-order valence-electron chi connectivity index (χ0n) is 10.5. The second-order valence-electron chi connectivity index (χ2n) is 5.33. The Balaban J connectivity index is 2.52. The molecule has 1 N–H and O–H groups in total. The molecular weight excluding hydrogens is 188 g/mol. The van der Waals surface area contributed by atoms with E-state index in [0.717, 1.165) is 26.1 Å². The van der Waals surface area contributed by atoms with Crippen molar-refractivity contribution in [3.8, 4) is 0 Å². The Morgan fingerprint density at radius 2 is 2.20 bits per heavy atom. The number of amides is 1. The molecule has 1 atom stereocenters. The quantitative estimate of drug-likeness (QED) is 0.771. The van der Waals surface area contributed by atoms with Gasteiger partial charge in [-0.25, -0.2) is 0 Å². The van der Waals surface area contributed by atoms with Gasteiger partial charge in [0.1, 0.15) is 0 Å². The maximum absolute atomic E-state index is 12.1. The number of carbonyl (C=O) groups is 1. The van der Waals surface area contributed by atoms with Crippen LogP contribution in [0.3, 0.4) is 0 Å². The maximum atomic E-state index is 12.1. The lowest BCUT2D eigenvalue weighted by Gasteiger charge is -2.36. The lowest BCUT2D eigenvalue weighted by molar-refractivity contribution is -0.136. The zero-order valence-corrected chi connectivity index (χ0v) is 10.5. The van der Waals surface area contributed by atoms with Crippen LogP contribution in [0, 0.1) is 5.41 Å². The van der Waals surface area contributed by atoms with Gasteiger partial charge in [-0.3, -0.25) is 4.79 Å². The van der Waals surface area contributed by atoms with Crippen LogP contribution in [-0.4, -0.2) is 36.5 Å². The SMILES string of the molecule is CCC(C)(C)CC(=O)N1CCNCC1C. The van der Waals surface area contributed by atoms with Gasteiger partial charge >= 0.3 is 0 Å². The lowest BCUT2D eigenvalue weighted by atomic mass is 9.86. The molecule has 0 radical (unpaired) electrons. The van der Waals surface area contributed by atoms with E-state index in [1.807, 2.05) is 4.90 Å². The Hall–Kier alpha value is -0.570. The van der Waals surface area contributed by atoms with Gasteiger partial charge < -0.3 is 10.2 Å². The summed E-state index contributed by atoms with van der Waals surface area (Å²) in [6.07, 6.45) is 1.73. The smallest absolute Gasteiger partial charge is 0.223 e. The van der Waals surface area contributed by atoms with E-state index in [0.29, 0.717) is 18.4 Å². The molecule has 0 aromatic heterocycles. The van der Waals surface area contributed by atoms with Crippen LogP contribution < -0.4 is 5.32 Å². The first-order valence-corrected chi connectivity index (χ1v) is 5.96. The lowest BCUT2D eigenvalue weighted by Crippen LogP contribution is -2.52. The summed E-state index contributed by atoms with van der Waals surface area (Å²) < 4.78 is 0. The number of nitrogens with one attached hydrogen (secondary N) is 1. The average molecular weight is 212 g/mol. The van der Waals surface area contributed by atoms with Crippen LogP contribution in [-0.2, 0) is 4.79 Å². The third kappa shape index (κ3) is 3.49. The molecular formula is C12H24N2O. The van der Waals surface area contributed by atoms with Gasteiger partial charge in [-0.2, -0.15) is 0 Å². The van der Waals surface area contributed by atoms with Gasteiger partial charge in [-0.05, 0) is 12.3 Å². The Labute approximate surface area is 93.2 Å². The predicted octanol–water partition coefficient (Wildman–Crippen LogP) is 1.63. The summed E-state index contributed by atoms with van der Waals surface area (Å²) in [6, 6.07) is 0.346. The van der Waals surface area contributed by atoms with E-state index in [2.05, 4.69) is 33.0 Å². The van der Waals surface area contributed by atoms with Gasteiger partial charge in [0.15, 0.2) is 0 Å². The summed E-state index contributed by atoms with van der Waals surface area (Å²) in [4.78, 5) is 14.1. The molecule has 0 saturated carbocycles. The van der Waals surface area contributed by atoms with Gasteiger partial charge in [-0.1, -0.05) is 27.2 Å². The highest BCUT2D eigenvalue weighted by atomic mass is 16.2. The predicted molar refractivity (Wildman–Crippen MR) is 62.7 cm³/mol. The Kier molecular flexibility index (Phi) is 4.14. The van der Waals surface area contributed by atoms with E-state index in [4.69, 9.17) is 0 Å². The summed E-state index contributed by atoms with van der Waals surface area (Å²) in [5.41, 5.74) is 0.141. The second kappa shape index (κ2) is 4.97. The van der Waals surface area contributed by atoms with Crippen molar-refractivity contribution in [1.29, 1.82) is 0 Å². The fourth-order valence-corrected chi connectivity index (χ4v) is 1.85. The second-order valence-corrected chi connectivity index (χ2v) is 5.33. The molecule has 3 heteroatoms. The van der Waals surface area contributed by atoms with Crippen molar-refractivity contribution in [2.75, 3.05) is 19.6 Å². The molecule has 1 aliphatic rings. The first-order chi connectivity index (χ1) is 6.96. The monoisotopic (exact) mass is 212 g/mol. The van der Waals surface area contributed by atoms with Crippen LogP contribution in [0.2, 0.25) is 0 Å². The van der Waals surface area contributed by atoms with Gasteiger partial charge in [0, 0.05) is 32.1 Å². The van der Waals surface area contributed by atoms with Crippen LogP contribution >= 0.6 is 0 Å². The van der Waals surface area contributed by atoms with E-state index < -0.39 is 0 Å². The molecule has 1 rings (SSSR count). The molecule has 1 heterocycles. The molecule has 0 aromatic carbocycles. The summed E-state index contributed by atoms with van der Waals surface area (Å²) in [6.45, 7) is 11.3. The third-order valence-electron chi connectivity index (χ3n) is 3.41. The van der Waals surface area contributed by atoms with Crippen LogP contribution in [0.1, 0.15) is 40.5 Å². The summed E-state index contributed by atoms with van der Waals surface area (Å²) in [5, 5.41) is 3.30. The van der Waals surface area contributed by atoms with Crippen molar-refractivity contribution < 1.29 is 4.79 Å². The van der Waals surface area contributed by atoms with E-state index in [-0.39, 0.29) is 5.41 Å². The van der Waals surface area contributed by atoms with Gasteiger partial charge in [0.05, 0.1) is 0 Å². The molecule has 0 bridgehead atoms. The van der Waals surface area contributed by atoms with Crippen LogP contribution in [0.4, 0.5) is 0 Å². The van der Waals surface area contributed by atoms with Crippen molar-refractivity contribution in [2.24, 2.45) is 5.41 Å². The largest absolute Gasteiger partial charge is 0.337 e. The van der Waals surface area contributed by atoms with Crippen LogP contribution in [0.25, 0.3) is 0 Å². The highest BCUT2D eigenvalue weighted by molar-refractivity contribution is 5.77. The Bertz CT molecular complexity index is 226. The minimum atomic E-state index is 0.141. The third-order valence-corrected chi connectivity index (χ3v) is 3.41. The molecule has 0 spiro atoms. The molecule has 0 aliphatic carbocycles. The molecule has 1 fully saturated rings. The minimum Gasteiger partial charge on any atom is -0.337 e. The maximum Gasteiger partial charge on any atom is 0.223 e. The number of rotatable bonds is 3. The van der Waals surface area contributed by atoms with Crippen molar-refractivity contribution in [3.05, 3.63) is 0 Å². The molecule has 1 amide bonds. The Morgan fingerprint density at radius 1 is 1.53 bits per heavy atom. The minimum absolute atomic E-state index is 0.141. The molecule has 15 heavy (non-hydrogen) atoms. The van der Waals surface area contributed by atoms with Crippen molar-refractivity contribution in [3.63, 3.8) is 0 Å². The number of nitrogens with zero attached hydrogens (tertiary/aromatic N) is 1. The molecule has 88 valence electrons. The standard InChI is InChI=1S/C12H24N2O/c1-5-12(3,4)8-11(15)14-7-6-13-9-10(14)2/h10,13H,5-9H2,1-4H3. The Morgan fingerprint density at radius 3 is 2.73 bits per heavy atom.